The number of halogens is 1. The number of carbonyl (C=O) groups excluding carboxylic acids is 1. The minimum Gasteiger partial charge on any atom is -0.497 e. The number of benzene rings is 3. The first-order valence-electron chi connectivity index (χ1n) is 10.5. The van der Waals surface area contributed by atoms with Gasteiger partial charge >= 0.3 is 0 Å². The van der Waals surface area contributed by atoms with Crippen LogP contribution in [0.3, 0.4) is 0 Å². The molecule has 0 N–H and O–H groups in total. The number of ether oxygens (including phenoxy) is 2. The van der Waals surface area contributed by atoms with Crippen LogP contribution in [0.2, 0.25) is 0 Å². The second-order valence-corrected chi connectivity index (χ2v) is 9.39. The summed E-state index contributed by atoms with van der Waals surface area (Å²) in [4.78, 5) is 20.0. The lowest BCUT2D eigenvalue weighted by atomic mass is 10.2. The van der Waals surface area contributed by atoms with Gasteiger partial charge in [-0.1, -0.05) is 36.4 Å². The van der Waals surface area contributed by atoms with E-state index in [1.165, 1.54) is 11.8 Å². The molecule has 0 bridgehead atoms. The Morgan fingerprint density at radius 3 is 2.48 bits per heavy atom. The van der Waals surface area contributed by atoms with Gasteiger partial charge in [0.15, 0.2) is 5.17 Å². The number of aliphatic imine (C=N–C) groups is 1. The molecule has 1 aliphatic rings. The molecule has 1 saturated heterocycles. The highest BCUT2D eigenvalue weighted by atomic mass is 127. The number of amidine groups is 1. The number of nitrogens with zero attached hydrogens (tertiary/aromatic N) is 2. The molecule has 4 rings (SSSR count). The van der Waals surface area contributed by atoms with Gasteiger partial charge in [0.2, 0.25) is 0 Å². The van der Waals surface area contributed by atoms with Gasteiger partial charge in [0, 0.05) is 6.54 Å². The van der Waals surface area contributed by atoms with E-state index in [0.717, 1.165) is 31.9 Å². The Kier molecular flexibility index (Phi) is 7.72. The summed E-state index contributed by atoms with van der Waals surface area (Å²) in [5.74, 6) is 1.56. The van der Waals surface area contributed by atoms with Crippen LogP contribution >= 0.6 is 34.4 Å². The van der Waals surface area contributed by atoms with Crippen molar-refractivity contribution >= 4 is 57.2 Å². The molecule has 0 aliphatic carbocycles. The molecule has 0 aromatic heterocycles. The maximum absolute atomic E-state index is 13.0. The van der Waals surface area contributed by atoms with Crippen LogP contribution < -0.4 is 9.47 Å². The molecule has 168 valence electrons. The number of likely N-dealkylation sites (N-methyl/N-ethyl adjacent to an activating group) is 1. The average Bonchev–Trinajstić information content (AvgIpc) is 3.13. The minimum atomic E-state index is -0.0332. The highest BCUT2D eigenvalue weighted by molar-refractivity contribution is 14.1. The Morgan fingerprint density at radius 2 is 1.82 bits per heavy atom. The first-order valence-corrected chi connectivity index (χ1v) is 12.4. The molecule has 5 nitrogen and oxygen atoms in total. The van der Waals surface area contributed by atoms with Gasteiger partial charge in [0.05, 0.1) is 21.3 Å². The van der Waals surface area contributed by atoms with Crippen LogP contribution in [-0.2, 0) is 11.4 Å². The third-order valence-corrected chi connectivity index (χ3v) is 6.84. The fourth-order valence-corrected chi connectivity index (χ4v) is 5.01. The molecule has 3 aromatic carbocycles. The Hall–Kier alpha value is -2.78. The Bertz CT molecular complexity index is 1190. The van der Waals surface area contributed by atoms with Crippen molar-refractivity contribution in [1.82, 2.24) is 4.90 Å². The van der Waals surface area contributed by atoms with E-state index in [4.69, 9.17) is 9.47 Å². The number of carbonyl (C=O) groups is 1. The van der Waals surface area contributed by atoms with Crippen molar-refractivity contribution in [2.45, 2.75) is 13.5 Å². The predicted octanol–water partition coefficient (Wildman–Crippen LogP) is 6.50. The van der Waals surface area contributed by atoms with Gasteiger partial charge in [-0.15, -0.1) is 0 Å². The van der Waals surface area contributed by atoms with Crippen LogP contribution in [0.25, 0.3) is 6.08 Å². The van der Waals surface area contributed by atoms with Gasteiger partial charge in [0.1, 0.15) is 18.1 Å². The van der Waals surface area contributed by atoms with Gasteiger partial charge in [0.25, 0.3) is 5.91 Å². The third kappa shape index (κ3) is 5.78. The molecule has 7 heteroatoms. The number of rotatable bonds is 7. The largest absolute Gasteiger partial charge is 0.497 e. The topological polar surface area (TPSA) is 51.1 Å². The van der Waals surface area contributed by atoms with E-state index in [9.17, 15) is 4.79 Å². The normalized spacial score (nSPS) is 16.0. The molecule has 3 aromatic rings. The number of amides is 1. The maximum atomic E-state index is 13.0. The molecule has 33 heavy (non-hydrogen) atoms. The van der Waals surface area contributed by atoms with E-state index in [2.05, 4.69) is 27.6 Å². The maximum Gasteiger partial charge on any atom is 0.266 e. The SMILES string of the molecule is CCN1C(=O)/C(=C\c2ccc(OCc3ccccc3)c(I)c2)SC1=Nc1ccc(OC)cc1. The van der Waals surface area contributed by atoms with Crippen LogP contribution in [0, 0.1) is 3.57 Å². The van der Waals surface area contributed by atoms with Crippen molar-refractivity contribution in [3.05, 3.63) is 92.4 Å². The van der Waals surface area contributed by atoms with E-state index >= 15 is 0 Å². The summed E-state index contributed by atoms with van der Waals surface area (Å²) in [6.07, 6.45) is 1.91. The fourth-order valence-electron chi connectivity index (χ4n) is 3.25. The number of methoxy groups -OCH3 is 1. The molecule has 1 fully saturated rings. The summed E-state index contributed by atoms with van der Waals surface area (Å²) in [6.45, 7) is 3.02. The predicted molar refractivity (Wildman–Crippen MR) is 143 cm³/mol. The molecule has 0 radical (unpaired) electrons. The number of hydrogen-bond donors (Lipinski definition) is 0. The summed E-state index contributed by atoms with van der Waals surface area (Å²) < 4.78 is 12.2. The van der Waals surface area contributed by atoms with Gasteiger partial charge < -0.3 is 9.47 Å². The summed E-state index contributed by atoms with van der Waals surface area (Å²) in [5, 5.41) is 0.677. The molecule has 0 spiro atoms. The van der Waals surface area contributed by atoms with E-state index in [1.807, 2.05) is 85.8 Å². The van der Waals surface area contributed by atoms with E-state index in [0.29, 0.717) is 23.2 Å². The van der Waals surface area contributed by atoms with Crippen LogP contribution in [0.5, 0.6) is 11.5 Å². The van der Waals surface area contributed by atoms with Crippen LogP contribution in [0.4, 0.5) is 5.69 Å². The van der Waals surface area contributed by atoms with Crippen LogP contribution in [0.1, 0.15) is 18.1 Å². The zero-order chi connectivity index (χ0) is 23.2. The van der Waals surface area contributed by atoms with Gasteiger partial charge in [-0.25, -0.2) is 4.99 Å². The van der Waals surface area contributed by atoms with Crippen molar-refractivity contribution < 1.29 is 14.3 Å². The van der Waals surface area contributed by atoms with E-state index in [1.54, 1.807) is 12.0 Å². The van der Waals surface area contributed by atoms with Crippen molar-refractivity contribution in [3.63, 3.8) is 0 Å². The molecular weight excluding hydrogens is 547 g/mol. The van der Waals surface area contributed by atoms with Crippen molar-refractivity contribution in [2.75, 3.05) is 13.7 Å². The average molecular weight is 570 g/mol. The van der Waals surface area contributed by atoms with E-state index < -0.39 is 0 Å². The van der Waals surface area contributed by atoms with Crippen LogP contribution in [-0.4, -0.2) is 29.6 Å². The summed E-state index contributed by atoms with van der Waals surface area (Å²) in [7, 11) is 1.63. The molecule has 1 heterocycles. The lowest BCUT2D eigenvalue weighted by Crippen LogP contribution is -2.28. The van der Waals surface area contributed by atoms with Crippen LogP contribution in [0.15, 0.2) is 82.7 Å². The smallest absolute Gasteiger partial charge is 0.266 e. The Balaban J connectivity index is 1.51. The monoisotopic (exact) mass is 570 g/mol. The minimum absolute atomic E-state index is 0.0332. The van der Waals surface area contributed by atoms with E-state index in [-0.39, 0.29) is 5.91 Å². The Morgan fingerprint density at radius 1 is 1.06 bits per heavy atom. The molecule has 0 saturated carbocycles. The zero-order valence-electron chi connectivity index (χ0n) is 18.3. The molecule has 1 aliphatic heterocycles. The first-order chi connectivity index (χ1) is 16.1. The van der Waals surface area contributed by atoms with Crippen molar-refractivity contribution in [1.29, 1.82) is 0 Å². The van der Waals surface area contributed by atoms with Gasteiger partial charge in [-0.2, -0.15) is 0 Å². The zero-order valence-corrected chi connectivity index (χ0v) is 21.3. The molecular formula is C26H23IN2O3S. The second kappa shape index (κ2) is 10.9. The van der Waals surface area contributed by atoms with Crippen molar-refractivity contribution in [2.24, 2.45) is 4.99 Å². The summed E-state index contributed by atoms with van der Waals surface area (Å²) in [6, 6.07) is 23.5. The standard InChI is InChI=1S/C26H23IN2O3S/c1-3-29-25(30)24(33-26(29)28-20-10-12-21(31-2)13-11-20)16-19-9-14-23(22(27)15-19)32-17-18-7-5-4-6-8-18/h4-16H,3,17H2,1-2H3/b24-16+,28-26?. The number of hydrogen-bond acceptors (Lipinski definition) is 5. The number of thioether (sulfide) groups is 1. The Labute approximate surface area is 211 Å². The van der Waals surface area contributed by atoms with Gasteiger partial charge in [-0.05, 0) is 94.9 Å². The fraction of sp³-hybridized carbons (Fsp3) is 0.154. The van der Waals surface area contributed by atoms with Gasteiger partial charge in [-0.3, -0.25) is 9.69 Å². The van der Waals surface area contributed by atoms with Crippen molar-refractivity contribution in [3.8, 4) is 11.5 Å². The molecule has 0 unspecified atom stereocenters. The lowest BCUT2D eigenvalue weighted by Gasteiger charge is -2.12. The second-order valence-electron chi connectivity index (χ2n) is 7.22. The summed E-state index contributed by atoms with van der Waals surface area (Å²) in [5.41, 5.74) is 2.85. The first kappa shape index (κ1) is 23.4. The molecule has 0 atom stereocenters. The molecule has 1 amide bonds. The third-order valence-electron chi connectivity index (χ3n) is 4.99. The highest BCUT2D eigenvalue weighted by Gasteiger charge is 2.32. The highest BCUT2D eigenvalue weighted by Crippen LogP contribution is 2.35. The quantitative estimate of drug-likeness (QED) is 0.240. The summed E-state index contributed by atoms with van der Waals surface area (Å²) >= 11 is 3.66. The lowest BCUT2D eigenvalue weighted by molar-refractivity contribution is -0.122.